The second-order valence-electron chi connectivity index (χ2n) is 5.53. The Balaban J connectivity index is 1.86. The number of fused-ring (bicyclic) bond motifs is 1. The predicted molar refractivity (Wildman–Crippen MR) is 85.4 cm³/mol. The van der Waals surface area contributed by atoms with Crippen LogP contribution in [0.1, 0.15) is 11.1 Å². The summed E-state index contributed by atoms with van der Waals surface area (Å²) >= 11 is 0. The van der Waals surface area contributed by atoms with Crippen molar-refractivity contribution in [2.24, 2.45) is 0 Å². The molecule has 0 aliphatic rings. The summed E-state index contributed by atoms with van der Waals surface area (Å²) in [5.41, 5.74) is 4.48. The van der Waals surface area contributed by atoms with Gasteiger partial charge in [0, 0.05) is 24.5 Å². The largest absolute Gasteiger partial charge is 0.309 e. The molecule has 1 aromatic carbocycles. The van der Waals surface area contributed by atoms with Crippen molar-refractivity contribution < 1.29 is 0 Å². The van der Waals surface area contributed by atoms with E-state index in [1.165, 1.54) is 11.8 Å². The molecule has 0 fully saturated rings. The van der Waals surface area contributed by atoms with Gasteiger partial charge in [-0.15, -0.1) is 0 Å². The molecule has 3 rings (SSSR count). The maximum Gasteiger partial charge on any atom is 0.172 e. The molecular formula is C17H17N5. The second kappa shape index (κ2) is 5.96. The minimum atomic E-state index is 0.491. The lowest BCUT2D eigenvalue weighted by Crippen LogP contribution is -2.14. The number of likely N-dealkylation sites (N-methyl/N-ethyl adjacent to an activating group) is 1. The van der Waals surface area contributed by atoms with Crippen molar-refractivity contribution in [3.63, 3.8) is 0 Å². The number of hydrogen-bond acceptors (Lipinski definition) is 4. The van der Waals surface area contributed by atoms with Crippen LogP contribution >= 0.6 is 0 Å². The minimum absolute atomic E-state index is 0.491. The SMILES string of the molecule is CN(C)CCc1ccc(-c2cnc3c(C#N)cnn3c2)cc1. The highest BCUT2D eigenvalue weighted by atomic mass is 15.2. The molecule has 0 saturated carbocycles. The van der Waals surface area contributed by atoms with Crippen molar-refractivity contribution in [3.05, 3.63) is 54.0 Å². The first-order chi connectivity index (χ1) is 10.7. The van der Waals surface area contributed by atoms with Crippen LogP contribution in [0.25, 0.3) is 16.8 Å². The molecule has 0 atom stereocenters. The number of nitriles is 1. The highest BCUT2D eigenvalue weighted by Gasteiger charge is 2.06. The van der Waals surface area contributed by atoms with Gasteiger partial charge in [0.15, 0.2) is 5.65 Å². The molecule has 5 nitrogen and oxygen atoms in total. The average Bonchev–Trinajstić information content (AvgIpc) is 2.95. The Labute approximate surface area is 129 Å². The van der Waals surface area contributed by atoms with Crippen LogP contribution in [0.5, 0.6) is 0 Å². The maximum atomic E-state index is 8.98. The van der Waals surface area contributed by atoms with Crippen molar-refractivity contribution in [3.8, 4) is 17.2 Å². The zero-order valence-corrected chi connectivity index (χ0v) is 12.7. The van der Waals surface area contributed by atoms with Crippen LogP contribution in [0.15, 0.2) is 42.9 Å². The molecule has 0 bridgehead atoms. The Morgan fingerprint density at radius 2 is 1.91 bits per heavy atom. The molecule has 0 aliphatic heterocycles. The average molecular weight is 291 g/mol. The third kappa shape index (κ3) is 2.83. The van der Waals surface area contributed by atoms with Gasteiger partial charge in [0.1, 0.15) is 11.6 Å². The highest BCUT2D eigenvalue weighted by molar-refractivity contribution is 5.64. The summed E-state index contributed by atoms with van der Waals surface area (Å²) in [7, 11) is 4.16. The second-order valence-corrected chi connectivity index (χ2v) is 5.53. The van der Waals surface area contributed by atoms with Crippen molar-refractivity contribution in [2.75, 3.05) is 20.6 Å². The van der Waals surface area contributed by atoms with Crippen LogP contribution < -0.4 is 0 Å². The third-order valence-electron chi connectivity index (χ3n) is 3.61. The van der Waals surface area contributed by atoms with Crippen LogP contribution in [-0.4, -0.2) is 40.1 Å². The molecule has 3 aromatic rings. The molecular weight excluding hydrogens is 274 g/mol. The number of rotatable bonds is 4. The number of benzene rings is 1. The monoisotopic (exact) mass is 291 g/mol. The summed E-state index contributed by atoms with van der Waals surface area (Å²) in [6, 6.07) is 10.6. The maximum absolute atomic E-state index is 8.98. The quantitative estimate of drug-likeness (QED) is 0.740. The number of nitrogens with zero attached hydrogens (tertiary/aromatic N) is 5. The fraction of sp³-hybridized carbons (Fsp3) is 0.235. The van der Waals surface area contributed by atoms with Crippen LogP contribution in [0.3, 0.4) is 0 Å². The summed E-state index contributed by atoms with van der Waals surface area (Å²) in [6.07, 6.45) is 6.26. The van der Waals surface area contributed by atoms with E-state index in [2.05, 4.69) is 59.4 Å². The summed E-state index contributed by atoms with van der Waals surface area (Å²) in [4.78, 5) is 6.52. The van der Waals surface area contributed by atoms with Gasteiger partial charge in [-0.05, 0) is 31.6 Å². The van der Waals surface area contributed by atoms with Gasteiger partial charge in [0.05, 0.1) is 6.20 Å². The lowest BCUT2D eigenvalue weighted by atomic mass is 10.1. The summed E-state index contributed by atoms with van der Waals surface area (Å²) in [5.74, 6) is 0. The zero-order valence-electron chi connectivity index (χ0n) is 12.7. The first-order valence-electron chi connectivity index (χ1n) is 7.15. The minimum Gasteiger partial charge on any atom is -0.309 e. The van der Waals surface area contributed by atoms with Crippen LogP contribution in [0.2, 0.25) is 0 Å². The lowest BCUT2D eigenvalue weighted by Gasteiger charge is -2.09. The van der Waals surface area contributed by atoms with Gasteiger partial charge in [0.25, 0.3) is 0 Å². The van der Waals surface area contributed by atoms with E-state index in [1.54, 1.807) is 10.7 Å². The third-order valence-corrected chi connectivity index (χ3v) is 3.61. The first kappa shape index (κ1) is 14.2. The molecule has 0 unspecified atom stereocenters. The van der Waals surface area contributed by atoms with Crippen molar-refractivity contribution in [1.82, 2.24) is 19.5 Å². The van der Waals surface area contributed by atoms with Crippen LogP contribution in [-0.2, 0) is 6.42 Å². The first-order valence-corrected chi connectivity index (χ1v) is 7.15. The fourth-order valence-electron chi connectivity index (χ4n) is 2.32. The standard InChI is InChI=1S/C17H17N5/c1-21(2)8-7-13-3-5-14(6-4-13)16-10-19-17-15(9-18)11-20-22(17)12-16/h3-6,10-12H,7-8H2,1-2H3. The van der Waals surface area contributed by atoms with Gasteiger partial charge in [-0.2, -0.15) is 10.4 Å². The molecule has 0 spiro atoms. The Bertz CT molecular complexity index is 824. The van der Waals surface area contributed by atoms with Gasteiger partial charge in [-0.3, -0.25) is 0 Å². The lowest BCUT2D eigenvalue weighted by molar-refractivity contribution is 0.413. The summed E-state index contributed by atoms with van der Waals surface area (Å²) < 4.78 is 1.65. The Kier molecular flexibility index (Phi) is 3.86. The van der Waals surface area contributed by atoms with Crippen LogP contribution in [0, 0.1) is 11.3 Å². The summed E-state index contributed by atoms with van der Waals surface area (Å²) in [6.45, 7) is 1.04. The van der Waals surface area contributed by atoms with Gasteiger partial charge in [-0.25, -0.2) is 9.50 Å². The van der Waals surface area contributed by atoms with E-state index >= 15 is 0 Å². The molecule has 0 aliphatic carbocycles. The van der Waals surface area contributed by atoms with Gasteiger partial charge >= 0.3 is 0 Å². The van der Waals surface area contributed by atoms with E-state index < -0.39 is 0 Å². The van der Waals surface area contributed by atoms with E-state index in [4.69, 9.17) is 5.26 Å². The molecule has 0 saturated heterocycles. The van der Waals surface area contributed by atoms with E-state index in [0.717, 1.165) is 24.1 Å². The van der Waals surface area contributed by atoms with E-state index in [-0.39, 0.29) is 0 Å². The Morgan fingerprint density at radius 3 is 2.59 bits per heavy atom. The highest BCUT2D eigenvalue weighted by Crippen LogP contribution is 2.20. The predicted octanol–water partition coefficient (Wildman–Crippen LogP) is 2.37. The van der Waals surface area contributed by atoms with Crippen molar-refractivity contribution >= 4 is 5.65 Å². The van der Waals surface area contributed by atoms with Crippen molar-refractivity contribution in [1.29, 1.82) is 5.26 Å². The molecule has 110 valence electrons. The molecule has 22 heavy (non-hydrogen) atoms. The molecule has 0 radical (unpaired) electrons. The van der Waals surface area contributed by atoms with Crippen molar-refractivity contribution in [2.45, 2.75) is 6.42 Å². The van der Waals surface area contributed by atoms with Gasteiger partial charge < -0.3 is 4.90 Å². The topological polar surface area (TPSA) is 57.2 Å². The van der Waals surface area contributed by atoms with Gasteiger partial charge in [0.2, 0.25) is 0 Å². The Hall–Kier alpha value is -2.71. The fourth-order valence-corrected chi connectivity index (χ4v) is 2.32. The molecule has 0 amide bonds. The van der Waals surface area contributed by atoms with E-state index in [0.29, 0.717) is 11.2 Å². The van der Waals surface area contributed by atoms with E-state index in [9.17, 15) is 0 Å². The smallest absolute Gasteiger partial charge is 0.172 e. The normalized spacial score (nSPS) is 11.0. The van der Waals surface area contributed by atoms with E-state index in [1.807, 2.05) is 6.20 Å². The van der Waals surface area contributed by atoms with Gasteiger partial charge in [-0.1, -0.05) is 24.3 Å². The van der Waals surface area contributed by atoms with Crippen LogP contribution in [0.4, 0.5) is 0 Å². The molecule has 2 heterocycles. The molecule has 0 N–H and O–H groups in total. The molecule has 2 aromatic heterocycles. The summed E-state index contributed by atoms with van der Waals surface area (Å²) in [5, 5.41) is 13.2. The molecule has 5 heteroatoms. The zero-order chi connectivity index (χ0) is 15.5. The number of hydrogen-bond donors (Lipinski definition) is 0. The number of aromatic nitrogens is 3. The Morgan fingerprint density at radius 1 is 1.14 bits per heavy atom.